The van der Waals surface area contributed by atoms with Crippen LogP contribution in [0.5, 0.6) is 0 Å². The maximum atomic E-state index is 13.4. The van der Waals surface area contributed by atoms with Crippen molar-refractivity contribution in [3.8, 4) is 10.4 Å². The van der Waals surface area contributed by atoms with E-state index in [2.05, 4.69) is 23.3 Å². The Balaban J connectivity index is 1.42. The molecule has 4 rings (SSSR count). The van der Waals surface area contributed by atoms with Crippen LogP contribution in [-0.4, -0.2) is 39.7 Å². The third-order valence-electron chi connectivity index (χ3n) is 6.63. The van der Waals surface area contributed by atoms with Crippen LogP contribution in [0.3, 0.4) is 0 Å². The number of carbonyl (C=O) groups is 3. The number of carboxylic acids is 1. The second-order valence-electron chi connectivity index (χ2n) is 9.23. The number of hydrogen-bond donors (Lipinski definition) is 4. The molecule has 2 amide bonds. The summed E-state index contributed by atoms with van der Waals surface area (Å²) in [4.78, 5) is 39.5. The SMILES string of the molecule is O=C(NC1(C(=O)NC(Cc2ccc(-c3cccs3)cc2)C(=O)O)CCCC1)C(S)Cc1ccccc1. The van der Waals surface area contributed by atoms with Crippen LogP contribution in [0.4, 0.5) is 0 Å². The molecular formula is C28H30N2O4S2. The van der Waals surface area contributed by atoms with Gasteiger partial charge in [0.1, 0.15) is 11.6 Å². The maximum Gasteiger partial charge on any atom is 0.326 e. The molecule has 3 aromatic rings. The Morgan fingerprint density at radius 1 is 0.917 bits per heavy atom. The van der Waals surface area contributed by atoms with E-state index in [-0.39, 0.29) is 12.3 Å². The minimum atomic E-state index is -1.12. The van der Waals surface area contributed by atoms with E-state index in [0.29, 0.717) is 19.3 Å². The number of amides is 2. The first kappa shape index (κ1) is 26.0. The van der Waals surface area contributed by atoms with Crippen LogP contribution in [0.25, 0.3) is 10.4 Å². The Hall–Kier alpha value is -3.10. The van der Waals surface area contributed by atoms with Crippen LogP contribution in [0.1, 0.15) is 36.8 Å². The number of aliphatic carboxylic acids is 1. The summed E-state index contributed by atoms with van der Waals surface area (Å²) in [7, 11) is 0. The molecule has 6 nitrogen and oxygen atoms in total. The lowest BCUT2D eigenvalue weighted by Gasteiger charge is -2.31. The Bertz CT molecular complexity index is 1170. The van der Waals surface area contributed by atoms with E-state index in [0.717, 1.165) is 34.4 Å². The van der Waals surface area contributed by atoms with Crippen LogP contribution in [-0.2, 0) is 27.2 Å². The molecule has 1 heterocycles. The Morgan fingerprint density at radius 2 is 1.58 bits per heavy atom. The standard InChI is InChI=1S/C28H30N2O4S2/c31-25(23(35)18-19-7-2-1-3-8-19)30-28(14-4-5-15-28)27(34)29-22(26(32)33)17-20-10-12-21(13-11-20)24-9-6-16-36-24/h1-3,6-13,16,22-23,35H,4-5,14-15,17-18H2,(H,29,34)(H,30,31)(H,32,33). The molecule has 0 spiro atoms. The number of benzene rings is 2. The molecule has 1 aliphatic rings. The van der Waals surface area contributed by atoms with Crippen LogP contribution >= 0.6 is 24.0 Å². The first-order chi connectivity index (χ1) is 17.4. The van der Waals surface area contributed by atoms with Gasteiger partial charge in [-0.15, -0.1) is 11.3 Å². The van der Waals surface area contributed by atoms with Crippen molar-refractivity contribution >= 4 is 41.7 Å². The molecule has 36 heavy (non-hydrogen) atoms. The summed E-state index contributed by atoms with van der Waals surface area (Å²) in [6, 6.07) is 20.2. The molecule has 188 valence electrons. The third kappa shape index (κ3) is 6.36. The Kier molecular flexibility index (Phi) is 8.48. The summed E-state index contributed by atoms with van der Waals surface area (Å²) in [5.41, 5.74) is 1.74. The zero-order valence-corrected chi connectivity index (χ0v) is 21.6. The summed E-state index contributed by atoms with van der Waals surface area (Å²) >= 11 is 6.12. The van der Waals surface area contributed by atoms with E-state index >= 15 is 0 Å². The molecular weight excluding hydrogens is 492 g/mol. The van der Waals surface area contributed by atoms with Crippen molar-refractivity contribution in [1.82, 2.24) is 10.6 Å². The van der Waals surface area contributed by atoms with E-state index in [1.807, 2.05) is 72.1 Å². The number of thiophene rings is 1. The van der Waals surface area contributed by atoms with Crippen LogP contribution in [0.2, 0.25) is 0 Å². The molecule has 2 unspecified atom stereocenters. The van der Waals surface area contributed by atoms with Crippen molar-refractivity contribution in [1.29, 1.82) is 0 Å². The van der Waals surface area contributed by atoms with Gasteiger partial charge in [-0.2, -0.15) is 12.6 Å². The molecule has 0 bridgehead atoms. The minimum absolute atomic E-state index is 0.152. The number of rotatable bonds is 10. The number of hydrogen-bond acceptors (Lipinski definition) is 5. The Labute approximate surface area is 220 Å². The molecule has 2 atom stereocenters. The smallest absolute Gasteiger partial charge is 0.326 e. The van der Waals surface area contributed by atoms with Crippen LogP contribution in [0, 0.1) is 0 Å². The lowest BCUT2D eigenvalue weighted by Crippen LogP contribution is -2.61. The maximum absolute atomic E-state index is 13.4. The number of thiol groups is 1. The molecule has 0 radical (unpaired) electrons. The predicted molar refractivity (Wildman–Crippen MR) is 145 cm³/mol. The number of carboxylic acid groups (broad SMARTS) is 1. The lowest BCUT2D eigenvalue weighted by atomic mass is 9.94. The first-order valence-corrected chi connectivity index (χ1v) is 13.5. The minimum Gasteiger partial charge on any atom is -0.480 e. The summed E-state index contributed by atoms with van der Waals surface area (Å²) in [5, 5.41) is 16.9. The van der Waals surface area contributed by atoms with Gasteiger partial charge in [0.2, 0.25) is 11.8 Å². The molecule has 1 aliphatic carbocycles. The van der Waals surface area contributed by atoms with Crippen molar-refractivity contribution < 1.29 is 19.5 Å². The van der Waals surface area contributed by atoms with Crippen LogP contribution < -0.4 is 10.6 Å². The normalized spacial score (nSPS) is 16.1. The number of carbonyl (C=O) groups excluding carboxylic acids is 2. The highest BCUT2D eigenvalue weighted by Gasteiger charge is 2.44. The second kappa shape index (κ2) is 11.8. The van der Waals surface area contributed by atoms with E-state index in [1.54, 1.807) is 11.3 Å². The zero-order valence-electron chi connectivity index (χ0n) is 19.9. The van der Waals surface area contributed by atoms with Gasteiger partial charge in [0, 0.05) is 11.3 Å². The van der Waals surface area contributed by atoms with Gasteiger partial charge in [-0.3, -0.25) is 9.59 Å². The fourth-order valence-electron chi connectivity index (χ4n) is 4.62. The van der Waals surface area contributed by atoms with Gasteiger partial charge in [-0.25, -0.2) is 4.79 Å². The third-order valence-corrected chi connectivity index (χ3v) is 7.97. The summed E-state index contributed by atoms with van der Waals surface area (Å²) in [5.74, 6) is -1.88. The van der Waals surface area contributed by atoms with E-state index in [1.165, 1.54) is 0 Å². The monoisotopic (exact) mass is 522 g/mol. The van der Waals surface area contributed by atoms with Gasteiger partial charge in [-0.05, 0) is 47.4 Å². The lowest BCUT2D eigenvalue weighted by molar-refractivity contribution is -0.143. The van der Waals surface area contributed by atoms with E-state index < -0.39 is 28.7 Å². The van der Waals surface area contributed by atoms with E-state index in [4.69, 9.17) is 0 Å². The highest BCUT2D eigenvalue weighted by molar-refractivity contribution is 7.81. The molecule has 8 heteroatoms. The quantitative estimate of drug-likeness (QED) is 0.295. The second-order valence-corrected chi connectivity index (χ2v) is 10.8. The highest BCUT2D eigenvalue weighted by atomic mass is 32.1. The van der Waals surface area contributed by atoms with Gasteiger partial charge in [0.15, 0.2) is 0 Å². The average Bonchev–Trinajstić information content (AvgIpc) is 3.58. The largest absolute Gasteiger partial charge is 0.480 e. The topological polar surface area (TPSA) is 95.5 Å². The van der Waals surface area contributed by atoms with Gasteiger partial charge < -0.3 is 15.7 Å². The van der Waals surface area contributed by atoms with Crippen molar-refractivity contribution in [2.45, 2.75) is 55.4 Å². The number of nitrogens with one attached hydrogen (secondary N) is 2. The van der Waals surface area contributed by atoms with Gasteiger partial charge >= 0.3 is 5.97 Å². The zero-order chi connectivity index (χ0) is 25.5. The van der Waals surface area contributed by atoms with Crippen molar-refractivity contribution in [2.75, 3.05) is 0 Å². The fraction of sp³-hybridized carbons (Fsp3) is 0.321. The summed E-state index contributed by atoms with van der Waals surface area (Å²) in [6.07, 6.45) is 3.10. The molecule has 0 aliphatic heterocycles. The summed E-state index contributed by atoms with van der Waals surface area (Å²) in [6.45, 7) is 0. The first-order valence-electron chi connectivity index (χ1n) is 12.1. The van der Waals surface area contributed by atoms with Crippen molar-refractivity contribution in [3.05, 3.63) is 83.2 Å². The molecule has 2 aromatic carbocycles. The predicted octanol–water partition coefficient (Wildman–Crippen LogP) is 4.50. The van der Waals surface area contributed by atoms with E-state index in [9.17, 15) is 19.5 Å². The van der Waals surface area contributed by atoms with Gasteiger partial charge in [-0.1, -0.05) is 73.5 Å². The average molecular weight is 523 g/mol. The van der Waals surface area contributed by atoms with Crippen LogP contribution in [0.15, 0.2) is 72.1 Å². The highest BCUT2D eigenvalue weighted by Crippen LogP contribution is 2.31. The molecule has 0 saturated heterocycles. The molecule has 3 N–H and O–H groups in total. The molecule has 1 aromatic heterocycles. The van der Waals surface area contributed by atoms with Crippen molar-refractivity contribution in [3.63, 3.8) is 0 Å². The summed E-state index contributed by atoms with van der Waals surface area (Å²) < 4.78 is 0. The fourth-order valence-corrected chi connectivity index (χ4v) is 5.63. The molecule has 1 saturated carbocycles. The Morgan fingerprint density at radius 3 is 2.19 bits per heavy atom. The van der Waals surface area contributed by atoms with Gasteiger partial charge in [0.25, 0.3) is 0 Å². The van der Waals surface area contributed by atoms with Crippen molar-refractivity contribution in [2.24, 2.45) is 0 Å². The van der Waals surface area contributed by atoms with Gasteiger partial charge in [0.05, 0.1) is 5.25 Å². The molecule has 1 fully saturated rings.